The molecular weight excluding hydrogens is 496 g/mol. The lowest BCUT2D eigenvalue weighted by atomic mass is 9.91. The average Bonchev–Trinajstić information content (AvgIpc) is 3.26. The van der Waals surface area contributed by atoms with Crippen LogP contribution in [0.25, 0.3) is 16.9 Å². The minimum atomic E-state index is 1.02. The first-order valence-corrected chi connectivity index (χ1v) is 17.3. The molecule has 0 fully saturated rings. The second kappa shape index (κ2) is 18.9. The van der Waals surface area contributed by atoms with Gasteiger partial charge in [0.25, 0.3) is 0 Å². The Kier molecular flexibility index (Phi) is 15.2. The Bertz CT molecular complexity index is 1100. The minimum Gasteiger partial charge on any atom is -0.493 e. The van der Waals surface area contributed by atoms with Crippen LogP contribution in [-0.2, 0) is 12.8 Å². The Morgan fingerprint density at radius 2 is 0.732 bits per heavy atom. The summed E-state index contributed by atoms with van der Waals surface area (Å²) < 4.78 is 1.56. The molecule has 0 radical (unpaired) electrons. The van der Waals surface area contributed by atoms with E-state index < -0.39 is 0 Å². The van der Waals surface area contributed by atoms with Gasteiger partial charge in [0.05, 0.1) is 0 Å². The van der Waals surface area contributed by atoms with Gasteiger partial charge in [0.15, 0.2) is 0 Å². The third kappa shape index (κ3) is 10.1. The minimum absolute atomic E-state index is 1.02. The summed E-state index contributed by atoms with van der Waals surface area (Å²) in [5.74, 6) is 0. The molecule has 2 nitrogen and oxygen atoms in total. The first kappa shape index (κ1) is 33.0. The highest BCUT2D eigenvalue weighted by molar-refractivity contribution is 5.82. The van der Waals surface area contributed by atoms with E-state index in [0.717, 1.165) is 48.2 Å². The third-order valence-electron chi connectivity index (χ3n) is 8.76. The molecule has 1 aliphatic rings. The van der Waals surface area contributed by atoms with Crippen molar-refractivity contribution >= 4 is 11.4 Å². The van der Waals surface area contributed by atoms with Gasteiger partial charge in [-0.3, -0.25) is 0 Å². The van der Waals surface area contributed by atoms with Crippen LogP contribution in [0.15, 0.2) is 59.7 Å². The normalized spacial score (nSPS) is 13.6. The first-order valence-electron chi connectivity index (χ1n) is 17.3. The van der Waals surface area contributed by atoms with E-state index in [-0.39, 0.29) is 0 Å². The Balaban J connectivity index is 1.94. The van der Waals surface area contributed by atoms with Crippen LogP contribution in [-0.4, -0.2) is 4.70 Å². The maximum Gasteiger partial charge on any atom is 0.211 e. The van der Waals surface area contributed by atoms with Gasteiger partial charge in [0.1, 0.15) is 0 Å². The fourth-order valence-electron chi connectivity index (χ4n) is 6.24. The van der Waals surface area contributed by atoms with Gasteiger partial charge in [-0.05, 0) is 86.8 Å². The van der Waals surface area contributed by atoms with Crippen LogP contribution in [0.5, 0.6) is 0 Å². The maximum atomic E-state index is 11.9. The molecule has 1 heterocycles. The summed E-state index contributed by atoms with van der Waals surface area (Å²) >= 11 is 0. The van der Waals surface area contributed by atoms with Gasteiger partial charge >= 0.3 is 0 Å². The summed E-state index contributed by atoms with van der Waals surface area (Å²) in [5.41, 5.74) is 21.8. The standard InChI is InChI=1S/C39H58N2/c1-5-9-13-14-15-19-23-37-36(22-18-12-8-4)38(34-28-24-32(25-29-34)20-16-10-6-2)41(40)39(37)35-30-26-33(27-31-35)21-17-11-7-3/h24-31H,5-23H2,1-4H3. The topological polar surface area (TPSA) is 25.3 Å². The number of aryl methyl sites for hydroxylation is 2. The highest BCUT2D eigenvalue weighted by Crippen LogP contribution is 2.44. The van der Waals surface area contributed by atoms with Gasteiger partial charge in [-0.25, -0.2) is 4.70 Å². The van der Waals surface area contributed by atoms with Gasteiger partial charge in [0, 0.05) is 22.3 Å². The summed E-state index contributed by atoms with van der Waals surface area (Å²) in [6.45, 7) is 9.09. The van der Waals surface area contributed by atoms with Crippen molar-refractivity contribution in [3.05, 3.63) is 87.5 Å². The monoisotopic (exact) mass is 554 g/mol. The van der Waals surface area contributed by atoms with Crippen LogP contribution in [0, 0.1) is 0 Å². The molecule has 0 saturated carbocycles. The number of rotatable bonds is 21. The zero-order valence-electron chi connectivity index (χ0n) is 26.9. The van der Waals surface area contributed by atoms with Crippen LogP contribution >= 0.6 is 0 Å². The molecular formula is C39H58N2. The van der Waals surface area contributed by atoms with Gasteiger partial charge in [0.2, 0.25) is 11.4 Å². The van der Waals surface area contributed by atoms with E-state index in [1.807, 2.05) is 0 Å². The lowest BCUT2D eigenvalue weighted by Gasteiger charge is -2.11. The van der Waals surface area contributed by atoms with E-state index in [1.165, 1.54) is 119 Å². The molecule has 0 saturated heterocycles. The molecule has 2 heteroatoms. The Labute approximate surface area is 252 Å². The number of hydrogen-bond acceptors (Lipinski definition) is 0. The fourth-order valence-corrected chi connectivity index (χ4v) is 6.24. The SMILES string of the molecule is CCCCCCCCC1=C(c2ccc(CCCCC)cc2)[N+](=[N-])C(c2ccc(CCCCC)cc2)=C1CCCCC. The second-order valence-corrected chi connectivity index (χ2v) is 12.2. The van der Waals surface area contributed by atoms with Crippen molar-refractivity contribution in [3.63, 3.8) is 0 Å². The summed E-state index contributed by atoms with van der Waals surface area (Å²) in [6, 6.07) is 18.2. The van der Waals surface area contributed by atoms with Crippen molar-refractivity contribution in [2.45, 2.75) is 150 Å². The molecule has 2 aromatic carbocycles. The number of nitrogens with zero attached hydrogens (tertiary/aromatic N) is 2. The molecule has 224 valence electrons. The molecule has 0 unspecified atom stereocenters. The zero-order chi connectivity index (χ0) is 29.3. The molecule has 1 aliphatic heterocycles. The number of allylic oxidation sites excluding steroid dienone is 2. The van der Waals surface area contributed by atoms with E-state index in [9.17, 15) is 5.53 Å². The van der Waals surface area contributed by atoms with E-state index in [2.05, 4.69) is 76.2 Å². The summed E-state index contributed by atoms with van der Waals surface area (Å²) in [5, 5.41) is 0. The number of hydrogen-bond donors (Lipinski definition) is 0. The predicted octanol–water partition coefficient (Wildman–Crippen LogP) is 12.7. The molecule has 0 spiro atoms. The summed E-state index contributed by atoms with van der Waals surface area (Å²) in [6.07, 6.45) is 23.2. The quantitative estimate of drug-likeness (QED) is 0.108. The highest BCUT2D eigenvalue weighted by Gasteiger charge is 2.35. The molecule has 0 amide bonds. The van der Waals surface area contributed by atoms with Crippen molar-refractivity contribution < 1.29 is 4.70 Å². The third-order valence-corrected chi connectivity index (χ3v) is 8.76. The van der Waals surface area contributed by atoms with Crippen LogP contribution < -0.4 is 0 Å². The van der Waals surface area contributed by atoms with Crippen molar-refractivity contribution in [2.75, 3.05) is 0 Å². The molecule has 0 N–H and O–H groups in total. The molecule has 0 atom stereocenters. The maximum absolute atomic E-state index is 11.9. The lowest BCUT2D eigenvalue weighted by Crippen LogP contribution is -2.03. The second-order valence-electron chi connectivity index (χ2n) is 12.2. The Hall–Kier alpha value is -2.48. The molecule has 2 aromatic rings. The van der Waals surface area contributed by atoms with Gasteiger partial charge < -0.3 is 5.53 Å². The van der Waals surface area contributed by atoms with Crippen LogP contribution in [0.2, 0.25) is 0 Å². The van der Waals surface area contributed by atoms with E-state index in [4.69, 9.17) is 0 Å². The van der Waals surface area contributed by atoms with Crippen molar-refractivity contribution in [1.29, 1.82) is 0 Å². The van der Waals surface area contributed by atoms with Crippen molar-refractivity contribution in [3.8, 4) is 0 Å². The van der Waals surface area contributed by atoms with Crippen LogP contribution in [0.4, 0.5) is 0 Å². The lowest BCUT2D eigenvalue weighted by molar-refractivity contribution is -0.345. The van der Waals surface area contributed by atoms with Gasteiger partial charge in [-0.2, -0.15) is 0 Å². The molecule has 41 heavy (non-hydrogen) atoms. The number of unbranched alkanes of at least 4 members (excludes halogenated alkanes) is 11. The van der Waals surface area contributed by atoms with Crippen molar-refractivity contribution in [1.82, 2.24) is 0 Å². The Morgan fingerprint density at radius 3 is 1.15 bits per heavy atom. The van der Waals surface area contributed by atoms with Gasteiger partial charge in [-0.1, -0.05) is 123 Å². The average molecular weight is 555 g/mol. The summed E-state index contributed by atoms with van der Waals surface area (Å²) in [7, 11) is 0. The zero-order valence-corrected chi connectivity index (χ0v) is 26.9. The Morgan fingerprint density at radius 1 is 0.415 bits per heavy atom. The van der Waals surface area contributed by atoms with E-state index in [1.54, 1.807) is 4.70 Å². The number of benzene rings is 2. The molecule has 0 bridgehead atoms. The van der Waals surface area contributed by atoms with Gasteiger partial charge in [-0.15, -0.1) is 0 Å². The van der Waals surface area contributed by atoms with Crippen LogP contribution in [0.1, 0.15) is 159 Å². The largest absolute Gasteiger partial charge is 0.493 e. The fraction of sp³-hybridized carbons (Fsp3) is 0.590. The smallest absolute Gasteiger partial charge is 0.211 e. The molecule has 0 aliphatic carbocycles. The predicted molar refractivity (Wildman–Crippen MR) is 179 cm³/mol. The van der Waals surface area contributed by atoms with E-state index >= 15 is 0 Å². The first-order chi connectivity index (χ1) is 20.1. The molecule has 0 aromatic heterocycles. The van der Waals surface area contributed by atoms with Crippen molar-refractivity contribution in [2.24, 2.45) is 0 Å². The molecule has 3 rings (SSSR count). The highest BCUT2D eigenvalue weighted by atomic mass is 15.2. The van der Waals surface area contributed by atoms with Crippen LogP contribution in [0.3, 0.4) is 0 Å². The summed E-state index contributed by atoms with van der Waals surface area (Å²) in [4.78, 5) is 0. The van der Waals surface area contributed by atoms with E-state index in [0.29, 0.717) is 0 Å².